The summed E-state index contributed by atoms with van der Waals surface area (Å²) in [4.78, 5) is 1.65. The molecule has 2 rings (SSSR count). The first-order valence-electron chi connectivity index (χ1n) is 5.49. The first-order valence-corrected chi connectivity index (χ1v) is 6.28. The van der Waals surface area contributed by atoms with Crippen molar-refractivity contribution in [3.8, 4) is 0 Å². The van der Waals surface area contributed by atoms with E-state index in [2.05, 4.69) is 64.2 Å². The fraction of sp³-hybridized carbons (Fsp3) is 0.417. The van der Waals surface area contributed by atoms with Gasteiger partial charge in [0.05, 0.1) is 5.54 Å². The van der Waals surface area contributed by atoms with Crippen molar-refractivity contribution in [3.63, 3.8) is 0 Å². The van der Waals surface area contributed by atoms with E-state index in [1.54, 1.807) is 4.80 Å². The Bertz CT molecular complexity index is 496. The summed E-state index contributed by atoms with van der Waals surface area (Å²) in [5, 5.41) is 12.5. The summed E-state index contributed by atoms with van der Waals surface area (Å²) >= 11 is 3.41. The van der Waals surface area contributed by atoms with Gasteiger partial charge in [0, 0.05) is 10.9 Å². The lowest BCUT2D eigenvalue weighted by Gasteiger charge is -2.15. The maximum Gasteiger partial charge on any atom is 0.179 e. The van der Waals surface area contributed by atoms with Crippen molar-refractivity contribution in [3.05, 3.63) is 40.1 Å². The molecular formula is C12H15BrN4. The number of hydrogen-bond acceptors (Lipinski definition) is 3. The molecule has 17 heavy (non-hydrogen) atoms. The van der Waals surface area contributed by atoms with Crippen LogP contribution in [0.4, 0.5) is 0 Å². The number of halogens is 1. The SMILES string of the molecule is CC(C)(C)n1nnc(Cc2ccc(Br)cc2)n1. The molecule has 0 N–H and O–H groups in total. The van der Waals surface area contributed by atoms with Crippen LogP contribution in [-0.4, -0.2) is 20.2 Å². The average molecular weight is 295 g/mol. The smallest absolute Gasteiger partial charge is 0.159 e. The Hall–Kier alpha value is -1.23. The normalized spacial score (nSPS) is 11.8. The minimum atomic E-state index is -0.120. The van der Waals surface area contributed by atoms with Gasteiger partial charge in [0.1, 0.15) is 0 Å². The maximum atomic E-state index is 4.38. The third-order valence-electron chi connectivity index (χ3n) is 2.33. The van der Waals surface area contributed by atoms with Crippen LogP contribution in [-0.2, 0) is 12.0 Å². The lowest BCUT2D eigenvalue weighted by molar-refractivity contribution is 0.305. The molecule has 1 aromatic heterocycles. The van der Waals surface area contributed by atoms with Crippen LogP contribution in [0.2, 0.25) is 0 Å². The Morgan fingerprint density at radius 1 is 1.18 bits per heavy atom. The molecule has 0 fully saturated rings. The average Bonchev–Trinajstić information content (AvgIpc) is 2.69. The first-order chi connectivity index (χ1) is 7.95. The molecule has 1 heterocycles. The number of tetrazole rings is 1. The van der Waals surface area contributed by atoms with E-state index in [-0.39, 0.29) is 5.54 Å². The molecule has 0 spiro atoms. The number of aromatic nitrogens is 4. The number of hydrogen-bond donors (Lipinski definition) is 0. The fourth-order valence-electron chi connectivity index (χ4n) is 1.38. The van der Waals surface area contributed by atoms with Crippen molar-refractivity contribution >= 4 is 15.9 Å². The molecule has 0 bridgehead atoms. The highest BCUT2D eigenvalue weighted by atomic mass is 79.9. The molecule has 90 valence electrons. The predicted molar refractivity (Wildman–Crippen MR) is 69.8 cm³/mol. The third kappa shape index (κ3) is 3.12. The predicted octanol–water partition coefficient (Wildman–Crippen LogP) is 2.78. The van der Waals surface area contributed by atoms with Crippen molar-refractivity contribution in [2.24, 2.45) is 0 Å². The van der Waals surface area contributed by atoms with E-state index in [9.17, 15) is 0 Å². The van der Waals surface area contributed by atoms with E-state index in [0.29, 0.717) is 6.42 Å². The summed E-state index contributed by atoms with van der Waals surface area (Å²) < 4.78 is 1.08. The highest BCUT2D eigenvalue weighted by molar-refractivity contribution is 9.10. The Morgan fingerprint density at radius 2 is 1.82 bits per heavy atom. The summed E-state index contributed by atoms with van der Waals surface area (Å²) in [7, 11) is 0. The molecule has 0 saturated carbocycles. The molecule has 5 heteroatoms. The zero-order valence-corrected chi connectivity index (χ0v) is 11.8. The van der Waals surface area contributed by atoms with Crippen LogP contribution >= 0.6 is 15.9 Å². The van der Waals surface area contributed by atoms with E-state index >= 15 is 0 Å². The second-order valence-corrected chi connectivity index (χ2v) is 5.88. The van der Waals surface area contributed by atoms with Crippen LogP contribution in [0.1, 0.15) is 32.2 Å². The largest absolute Gasteiger partial charge is 0.179 e. The second kappa shape index (κ2) is 4.56. The van der Waals surface area contributed by atoms with Crippen LogP contribution in [0.3, 0.4) is 0 Å². The van der Waals surface area contributed by atoms with Gasteiger partial charge in [0.2, 0.25) is 0 Å². The summed E-state index contributed by atoms with van der Waals surface area (Å²) in [6, 6.07) is 8.15. The molecule has 0 radical (unpaired) electrons. The van der Waals surface area contributed by atoms with E-state index in [1.165, 1.54) is 5.56 Å². The molecule has 0 atom stereocenters. The molecule has 0 saturated heterocycles. The minimum Gasteiger partial charge on any atom is -0.159 e. The minimum absolute atomic E-state index is 0.120. The van der Waals surface area contributed by atoms with Crippen LogP contribution in [0, 0.1) is 0 Å². The Kier molecular flexibility index (Phi) is 3.28. The standard InChI is InChI=1S/C12H15BrN4/c1-12(2,3)17-15-11(14-16-17)8-9-4-6-10(13)7-5-9/h4-7H,8H2,1-3H3. The fourth-order valence-corrected chi connectivity index (χ4v) is 1.65. The maximum absolute atomic E-state index is 4.38. The summed E-state index contributed by atoms with van der Waals surface area (Å²) in [5.41, 5.74) is 1.06. The van der Waals surface area contributed by atoms with E-state index in [1.807, 2.05) is 12.1 Å². The van der Waals surface area contributed by atoms with Gasteiger partial charge in [-0.3, -0.25) is 0 Å². The van der Waals surface area contributed by atoms with Crippen LogP contribution in [0.5, 0.6) is 0 Å². The first kappa shape index (κ1) is 12.2. The van der Waals surface area contributed by atoms with Gasteiger partial charge >= 0.3 is 0 Å². The molecule has 0 unspecified atom stereocenters. The molecule has 1 aromatic carbocycles. The van der Waals surface area contributed by atoms with E-state index in [4.69, 9.17) is 0 Å². The molecular weight excluding hydrogens is 280 g/mol. The van der Waals surface area contributed by atoms with Gasteiger partial charge in [0.25, 0.3) is 0 Å². The number of nitrogens with zero attached hydrogens (tertiary/aromatic N) is 4. The second-order valence-electron chi connectivity index (χ2n) is 4.97. The van der Waals surface area contributed by atoms with E-state index < -0.39 is 0 Å². The lowest BCUT2D eigenvalue weighted by atomic mass is 10.1. The van der Waals surface area contributed by atoms with E-state index in [0.717, 1.165) is 10.3 Å². The van der Waals surface area contributed by atoms with Crippen LogP contribution in [0.15, 0.2) is 28.7 Å². The summed E-state index contributed by atoms with van der Waals surface area (Å²) in [5.74, 6) is 0.752. The Balaban J connectivity index is 2.14. The van der Waals surface area contributed by atoms with Gasteiger partial charge in [-0.25, -0.2) is 0 Å². The highest BCUT2D eigenvalue weighted by Crippen LogP contribution is 2.13. The molecule has 0 aliphatic heterocycles. The van der Waals surface area contributed by atoms with Gasteiger partial charge in [-0.1, -0.05) is 28.1 Å². The van der Waals surface area contributed by atoms with Crippen molar-refractivity contribution in [1.82, 2.24) is 20.2 Å². The summed E-state index contributed by atoms with van der Waals surface area (Å²) in [6.07, 6.45) is 0.712. The van der Waals surface area contributed by atoms with Crippen LogP contribution < -0.4 is 0 Å². The van der Waals surface area contributed by atoms with Crippen molar-refractivity contribution < 1.29 is 0 Å². The number of benzene rings is 1. The molecule has 0 aliphatic carbocycles. The molecule has 4 nitrogen and oxygen atoms in total. The van der Waals surface area contributed by atoms with Gasteiger partial charge in [-0.2, -0.15) is 4.80 Å². The van der Waals surface area contributed by atoms with Crippen molar-refractivity contribution in [1.29, 1.82) is 0 Å². The topological polar surface area (TPSA) is 43.6 Å². The van der Waals surface area contributed by atoms with Gasteiger partial charge < -0.3 is 0 Å². The number of rotatable bonds is 2. The highest BCUT2D eigenvalue weighted by Gasteiger charge is 2.16. The molecule has 0 aliphatic rings. The quantitative estimate of drug-likeness (QED) is 0.855. The van der Waals surface area contributed by atoms with Gasteiger partial charge in [-0.05, 0) is 43.7 Å². The molecule has 0 amide bonds. The lowest BCUT2D eigenvalue weighted by Crippen LogP contribution is -2.24. The molecule has 2 aromatic rings. The van der Waals surface area contributed by atoms with Crippen LogP contribution in [0.25, 0.3) is 0 Å². The third-order valence-corrected chi connectivity index (χ3v) is 2.86. The Labute approximate surface area is 109 Å². The Morgan fingerprint density at radius 3 is 2.35 bits per heavy atom. The van der Waals surface area contributed by atoms with Crippen molar-refractivity contribution in [2.75, 3.05) is 0 Å². The van der Waals surface area contributed by atoms with Gasteiger partial charge in [0.15, 0.2) is 5.82 Å². The zero-order chi connectivity index (χ0) is 12.5. The zero-order valence-electron chi connectivity index (χ0n) is 10.2. The van der Waals surface area contributed by atoms with Gasteiger partial charge in [-0.15, -0.1) is 10.2 Å². The summed E-state index contributed by atoms with van der Waals surface area (Å²) in [6.45, 7) is 6.16. The van der Waals surface area contributed by atoms with Crippen molar-refractivity contribution in [2.45, 2.75) is 32.7 Å². The monoisotopic (exact) mass is 294 g/mol.